The van der Waals surface area contributed by atoms with E-state index in [2.05, 4.69) is 45.4 Å². The van der Waals surface area contributed by atoms with Gasteiger partial charge in [0.2, 0.25) is 0 Å². The van der Waals surface area contributed by atoms with Crippen molar-refractivity contribution in [2.24, 2.45) is 4.99 Å². The first-order valence-electron chi connectivity index (χ1n) is 8.51. The number of guanidine groups is 1. The first-order valence-corrected chi connectivity index (χ1v) is 8.51. The van der Waals surface area contributed by atoms with E-state index in [0.29, 0.717) is 0 Å². The second kappa shape index (κ2) is 12.4. The molecule has 1 aromatic heterocycles. The molecule has 6 nitrogen and oxygen atoms in total. The van der Waals surface area contributed by atoms with Gasteiger partial charge in [-0.25, -0.2) is 0 Å². The standard InChI is InChI=1S/C17H29N5O.HI/c1-3-19-17(21-8-9-22-10-12-23-13-11-22)20-7-5-16-4-6-18-14-15(16)2;/h4,6,14H,3,5,7-13H2,1-2H3,(H2,19,20,21);1H. The third kappa shape index (κ3) is 7.76. The molecule has 136 valence electrons. The van der Waals surface area contributed by atoms with Crippen LogP contribution in [-0.4, -0.2) is 68.3 Å². The third-order valence-corrected chi connectivity index (χ3v) is 3.96. The van der Waals surface area contributed by atoms with Crippen molar-refractivity contribution < 1.29 is 4.74 Å². The van der Waals surface area contributed by atoms with Gasteiger partial charge in [-0.05, 0) is 37.5 Å². The monoisotopic (exact) mass is 447 g/mol. The summed E-state index contributed by atoms with van der Waals surface area (Å²) in [6, 6.07) is 2.08. The summed E-state index contributed by atoms with van der Waals surface area (Å²) in [6.45, 7) is 11.4. The highest BCUT2D eigenvalue weighted by Gasteiger charge is 2.09. The molecule has 2 heterocycles. The van der Waals surface area contributed by atoms with Crippen molar-refractivity contribution in [1.82, 2.24) is 20.5 Å². The van der Waals surface area contributed by atoms with Crippen molar-refractivity contribution in [3.63, 3.8) is 0 Å². The van der Waals surface area contributed by atoms with Crippen LogP contribution in [0.3, 0.4) is 0 Å². The van der Waals surface area contributed by atoms with Gasteiger partial charge in [0, 0.05) is 45.1 Å². The molecule has 0 bridgehead atoms. The van der Waals surface area contributed by atoms with E-state index >= 15 is 0 Å². The number of aliphatic imine (C=N–C) groups is 1. The predicted molar refractivity (Wildman–Crippen MR) is 109 cm³/mol. The number of halogens is 1. The summed E-state index contributed by atoms with van der Waals surface area (Å²) in [5.41, 5.74) is 2.57. The number of aryl methyl sites for hydroxylation is 1. The summed E-state index contributed by atoms with van der Waals surface area (Å²) >= 11 is 0. The summed E-state index contributed by atoms with van der Waals surface area (Å²) in [5.74, 6) is 0.896. The molecule has 0 radical (unpaired) electrons. The van der Waals surface area contributed by atoms with Crippen LogP contribution in [0.2, 0.25) is 0 Å². The SMILES string of the molecule is CCNC(=NCCN1CCOCC1)NCCc1ccncc1C.I. The molecule has 1 aliphatic rings. The van der Waals surface area contributed by atoms with Gasteiger partial charge in [-0.1, -0.05) is 0 Å². The van der Waals surface area contributed by atoms with Gasteiger partial charge >= 0.3 is 0 Å². The third-order valence-electron chi connectivity index (χ3n) is 3.96. The van der Waals surface area contributed by atoms with Gasteiger partial charge in [0.15, 0.2) is 5.96 Å². The minimum absolute atomic E-state index is 0. The summed E-state index contributed by atoms with van der Waals surface area (Å²) in [7, 11) is 0. The average Bonchev–Trinajstić information content (AvgIpc) is 2.57. The molecule has 1 aromatic rings. The quantitative estimate of drug-likeness (QED) is 0.377. The lowest BCUT2D eigenvalue weighted by atomic mass is 10.1. The molecule has 0 amide bonds. The predicted octanol–water partition coefficient (Wildman–Crippen LogP) is 1.44. The number of morpholine rings is 1. The molecule has 7 heteroatoms. The van der Waals surface area contributed by atoms with Crippen molar-refractivity contribution in [3.05, 3.63) is 29.6 Å². The van der Waals surface area contributed by atoms with E-state index in [0.717, 1.165) is 64.9 Å². The maximum atomic E-state index is 5.36. The van der Waals surface area contributed by atoms with Gasteiger partial charge in [-0.15, -0.1) is 24.0 Å². The zero-order valence-corrected chi connectivity index (χ0v) is 17.1. The maximum Gasteiger partial charge on any atom is 0.191 e. The highest BCUT2D eigenvalue weighted by molar-refractivity contribution is 14.0. The minimum Gasteiger partial charge on any atom is -0.379 e. The molecule has 24 heavy (non-hydrogen) atoms. The number of rotatable bonds is 7. The molecule has 0 aliphatic carbocycles. The van der Waals surface area contributed by atoms with Crippen molar-refractivity contribution in [1.29, 1.82) is 0 Å². The van der Waals surface area contributed by atoms with Crippen LogP contribution in [0.15, 0.2) is 23.5 Å². The number of ether oxygens (including phenoxy) is 1. The number of nitrogens with zero attached hydrogens (tertiary/aromatic N) is 3. The molecule has 1 fully saturated rings. The number of hydrogen-bond donors (Lipinski definition) is 2. The van der Waals surface area contributed by atoms with Gasteiger partial charge in [0.1, 0.15) is 0 Å². The number of hydrogen-bond acceptors (Lipinski definition) is 4. The number of pyridine rings is 1. The molecule has 0 atom stereocenters. The summed E-state index contributed by atoms with van der Waals surface area (Å²) in [6.07, 6.45) is 4.74. The fourth-order valence-corrected chi connectivity index (χ4v) is 2.57. The van der Waals surface area contributed by atoms with Crippen LogP contribution in [0.4, 0.5) is 0 Å². The van der Waals surface area contributed by atoms with Gasteiger partial charge in [0.25, 0.3) is 0 Å². The van der Waals surface area contributed by atoms with Crippen LogP contribution in [0.5, 0.6) is 0 Å². The highest BCUT2D eigenvalue weighted by Crippen LogP contribution is 2.04. The Hall–Kier alpha value is -0.930. The lowest BCUT2D eigenvalue weighted by Gasteiger charge is -2.25. The number of aromatic nitrogens is 1. The fourth-order valence-electron chi connectivity index (χ4n) is 2.57. The van der Waals surface area contributed by atoms with Gasteiger partial charge in [0.05, 0.1) is 19.8 Å². The molecular weight excluding hydrogens is 417 g/mol. The lowest BCUT2D eigenvalue weighted by molar-refractivity contribution is 0.0394. The molecule has 2 N–H and O–H groups in total. The summed E-state index contributed by atoms with van der Waals surface area (Å²) in [4.78, 5) is 11.2. The largest absolute Gasteiger partial charge is 0.379 e. The molecule has 0 spiro atoms. The Balaban J connectivity index is 0.00000288. The van der Waals surface area contributed by atoms with E-state index in [4.69, 9.17) is 4.74 Å². The average molecular weight is 447 g/mol. The van der Waals surface area contributed by atoms with Gasteiger partial charge in [-0.2, -0.15) is 0 Å². The first-order chi connectivity index (χ1) is 11.3. The van der Waals surface area contributed by atoms with Crippen LogP contribution >= 0.6 is 24.0 Å². The minimum atomic E-state index is 0. The van der Waals surface area contributed by atoms with Gasteiger partial charge in [-0.3, -0.25) is 14.9 Å². The van der Waals surface area contributed by atoms with E-state index < -0.39 is 0 Å². The molecule has 1 aliphatic heterocycles. The van der Waals surface area contributed by atoms with Crippen molar-refractivity contribution in [3.8, 4) is 0 Å². The zero-order chi connectivity index (χ0) is 16.3. The Morgan fingerprint density at radius 2 is 2.12 bits per heavy atom. The Kier molecular flexibility index (Phi) is 10.9. The molecule has 0 unspecified atom stereocenters. The Morgan fingerprint density at radius 1 is 1.33 bits per heavy atom. The lowest BCUT2D eigenvalue weighted by Crippen LogP contribution is -2.40. The Morgan fingerprint density at radius 3 is 2.83 bits per heavy atom. The van der Waals surface area contributed by atoms with Crippen LogP contribution < -0.4 is 10.6 Å². The molecule has 1 saturated heterocycles. The van der Waals surface area contributed by atoms with Crippen LogP contribution in [0, 0.1) is 6.92 Å². The smallest absolute Gasteiger partial charge is 0.191 e. The van der Waals surface area contributed by atoms with Crippen molar-refractivity contribution >= 4 is 29.9 Å². The normalized spacial score (nSPS) is 15.7. The van der Waals surface area contributed by atoms with Gasteiger partial charge < -0.3 is 15.4 Å². The maximum absolute atomic E-state index is 5.36. The first kappa shape index (κ1) is 21.1. The van der Waals surface area contributed by atoms with E-state index in [1.165, 1.54) is 11.1 Å². The van der Waals surface area contributed by atoms with Crippen LogP contribution in [0.25, 0.3) is 0 Å². The molecular formula is C17H30IN5O. The highest BCUT2D eigenvalue weighted by atomic mass is 127. The second-order valence-electron chi connectivity index (χ2n) is 5.69. The second-order valence-corrected chi connectivity index (χ2v) is 5.69. The van der Waals surface area contributed by atoms with E-state index in [9.17, 15) is 0 Å². The molecule has 0 saturated carbocycles. The number of nitrogens with one attached hydrogen (secondary N) is 2. The van der Waals surface area contributed by atoms with E-state index in [-0.39, 0.29) is 24.0 Å². The fraction of sp³-hybridized carbons (Fsp3) is 0.647. The van der Waals surface area contributed by atoms with Crippen molar-refractivity contribution in [2.45, 2.75) is 20.3 Å². The molecule has 0 aromatic carbocycles. The topological polar surface area (TPSA) is 61.8 Å². The Bertz CT molecular complexity index is 492. The summed E-state index contributed by atoms with van der Waals surface area (Å²) < 4.78 is 5.36. The van der Waals surface area contributed by atoms with Crippen LogP contribution in [0.1, 0.15) is 18.1 Å². The van der Waals surface area contributed by atoms with Crippen molar-refractivity contribution in [2.75, 3.05) is 52.5 Å². The zero-order valence-electron chi connectivity index (χ0n) is 14.8. The van der Waals surface area contributed by atoms with E-state index in [1.54, 1.807) is 0 Å². The summed E-state index contributed by atoms with van der Waals surface area (Å²) in [5, 5.41) is 6.71. The van der Waals surface area contributed by atoms with Crippen LogP contribution in [-0.2, 0) is 11.2 Å². The molecule has 2 rings (SSSR count). The van der Waals surface area contributed by atoms with E-state index in [1.807, 2.05) is 12.4 Å². The Labute approximate surface area is 162 Å².